The van der Waals surface area contributed by atoms with Crippen LogP contribution in [0.4, 0.5) is 0 Å². The van der Waals surface area contributed by atoms with E-state index in [0.717, 1.165) is 29.0 Å². The van der Waals surface area contributed by atoms with Crippen LogP contribution < -0.4 is 10.6 Å². The summed E-state index contributed by atoms with van der Waals surface area (Å²) in [6.45, 7) is 5.80. The molecule has 4 nitrogen and oxygen atoms in total. The summed E-state index contributed by atoms with van der Waals surface area (Å²) in [6.07, 6.45) is 1.90. The highest BCUT2D eigenvalue weighted by Crippen LogP contribution is 2.12. The smallest absolute Gasteiger partial charge is 0.191 e. The van der Waals surface area contributed by atoms with E-state index in [4.69, 9.17) is 0 Å². The second kappa shape index (κ2) is 9.57. The number of rotatable bonds is 7. The zero-order valence-electron chi connectivity index (χ0n) is 13.9. The molecule has 1 aromatic heterocycles. The third-order valence-electron chi connectivity index (χ3n) is 3.23. The maximum absolute atomic E-state index is 4.34. The largest absolute Gasteiger partial charge is 0.356 e. The molecule has 2 N–H and O–H groups in total. The second-order valence-corrected chi connectivity index (χ2v) is 7.68. The molecular formula is C17H24N4S2. The van der Waals surface area contributed by atoms with Crippen molar-refractivity contribution in [1.82, 2.24) is 15.6 Å². The lowest BCUT2D eigenvalue weighted by Gasteiger charge is -2.10. The van der Waals surface area contributed by atoms with Gasteiger partial charge in [0.05, 0.1) is 6.54 Å². The van der Waals surface area contributed by atoms with Crippen LogP contribution in [0.3, 0.4) is 0 Å². The van der Waals surface area contributed by atoms with Crippen molar-refractivity contribution in [2.75, 3.05) is 19.3 Å². The van der Waals surface area contributed by atoms with Gasteiger partial charge in [0.15, 0.2) is 5.96 Å². The lowest BCUT2D eigenvalue weighted by molar-refractivity contribution is 0.827. The average Bonchev–Trinajstić information content (AvgIpc) is 2.97. The Morgan fingerprint density at radius 3 is 2.65 bits per heavy atom. The number of guanidine groups is 1. The Bertz CT molecular complexity index is 620. The number of aryl methyl sites for hydroxylation is 2. The van der Waals surface area contributed by atoms with Crippen LogP contribution in [0.5, 0.6) is 0 Å². The fraction of sp³-hybridized carbons (Fsp3) is 0.412. The van der Waals surface area contributed by atoms with Gasteiger partial charge in [-0.2, -0.15) is 11.8 Å². The number of aliphatic imine (C=N–C) groups is 1. The van der Waals surface area contributed by atoms with E-state index in [1.807, 2.05) is 18.0 Å². The first-order valence-corrected chi connectivity index (χ1v) is 9.63. The van der Waals surface area contributed by atoms with Crippen molar-refractivity contribution in [3.63, 3.8) is 0 Å². The predicted molar refractivity (Wildman–Crippen MR) is 102 cm³/mol. The number of benzene rings is 1. The zero-order valence-corrected chi connectivity index (χ0v) is 15.6. The Balaban J connectivity index is 1.61. The Morgan fingerprint density at radius 1 is 1.22 bits per heavy atom. The normalized spacial score (nSPS) is 11.5. The summed E-state index contributed by atoms with van der Waals surface area (Å²) >= 11 is 3.64. The van der Waals surface area contributed by atoms with Crippen LogP contribution in [0.25, 0.3) is 0 Å². The lowest BCUT2D eigenvalue weighted by Crippen LogP contribution is -2.37. The summed E-state index contributed by atoms with van der Waals surface area (Å²) in [5, 5.41) is 7.71. The van der Waals surface area contributed by atoms with Gasteiger partial charge >= 0.3 is 0 Å². The van der Waals surface area contributed by atoms with Crippen molar-refractivity contribution in [2.24, 2.45) is 4.99 Å². The zero-order chi connectivity index (χ0) is 16.5. The molecule has 0 fully saturated rings. The molecule has 0 saturated carbocycles. The number of nitrogens with zero attached hydrogens (tertiary/aromatic N) is 2. The first-order chi connectivity index (χ1) is 11.2. The van der Waals surface area contributed by atoms with Gasteiger partial charge in [-0.1, -0.05) is 29.8 Å². The van der Waals surface area contributed by atoms with Crippen LogP contribution in [0.2, 0.25) is 0 Å². The van der Waals surface area contributed by atoms with Gasteiger partial charge in [-0.15, -0.1) is 11.3 Å². The third kappa shape index (κ3) is 6.62. The molecule has 0 atom stereocenters. The van der Waals surface area contributed by atoms with Crippen molar-refractivity contribution >= 4 is 29.1 Å². The number of aromatic nitrogens is 1. The maximum Gasteiger partial charge on any atom is 0.191 e. The highest BCUT2D eigenvalue weighted by molar-refractivity contribution is 7.98. The van der Waals surface area contributed by atoms with Gasteiger partial charge in [0.1, 0.15) is 5.01 Å². The molecule has 0 unspecified atom stereocenters. The van der Waals surface area contributed by atoms with Gasteiger partial charge in [0.2, 0.25) is 0 Å². The Morgan fingerprint density at radius 2 is 2.00 bits per heavy atom. The van der Waals surface area contributed by atoms with Gasteiger partial charge in [0.25, 0.3) is 0 Å². The molecule has 6 heteroatoms. The minimum absolute atomic E-state index is 0.717. The first-order valence-electron chi connectivity index (χ1n) is 7.66. The van der Waals surface area contributed by atoms with Gasteiger partial charge in [-0.25, -0.2) is 4.98 Å². The molecule has 0 spiro atoms. The van der Waals surface area contributed by atoms with Gasteiger partial charge in [-0.3, -0.25) is 4.99 Å². The van der Waals surface area contributed by atoms with E-state index in [9.17, 15) is 0 Å². The molecule has 1 aromatic carbocycles. The highest BCUT2D eigenvalue weighted by atomic mass is 32.2. The molecule has 2 aromatic rings. The minimum Gasteiger partial charge on any atom is -0.356 e. The molecule has 0 aliphatic heterocycles. The molecule has 0 amide bonds. The molecule has 0 radical (unpaired) electrons. The maximum atomic E-state index is 4.34. The third-order valence-corrected chi connectivity index (χ3v) is 5.17. The SMILES string of the molecule is CN=C(NCCSCc1ccc(C)cc1)NCc1ncc(C)s1. The van der Waals surface area contributed by atoms with Crippen molar-refractivity contribution in [1.29, 1.82) is 0 Å². The van der Waals surface area contributed by atoms with Gasteiger partial charge in [-0.05, 0) is 19.4 Å². The van der Waals surface area contributed by atoms with Crippen LogP contribution in [0.1, 0.15) is 21.0 Å². The number of hydrogen-bond donors (Lipinski definition) is 2. The van der Waals surface area contributed by atoms with Gasteiger partial charge < -0.3 is 10.6 Å². The van der Waals surface area contributed by atoms with Crippen LogP contribution in [0, 0.1) is 13.8 Å². The molecule has 0 aliphatic rings. The van der Waals surface area contributed by atoms with E-state index in [1.54, 1.807) is 18.4 Å². The van der Waals surface area contributed by atoms with E-state index >= 15 is 0 Å². The Kier molecular flexibility index (Phi) is 7.42. The number of hydrogen-bond acceptors (Lipinski definition) is 4. The van der Waals surface area contributed by atoms with Crippen molar-refractivity contribution < 1.29 is 0 Å². The Hall–Kier alpha value is -1.53. The van der Waals surface area contributed by atoms with Crippen LogP contribution in [-0.4, -0.2) is 30.3 Å². The minimum atomic E-state index is 0.717. The van der Waals surface area contributed by atoms with E-state index in [-0.39, 0.29) is 0 Å². The molecule has 124 valence electrons. The molecular weight excluding hydrogens is 324 g/mol. The van der Waals surface area contributed by atoms with E-state index < -0.39 is 0 Å². The molecule has 2 rings (SSSR count). The molecule has 0 saturated heterocycles. The molecule has 1 heterocycles. The topological polar surface area (TPSA) is 49.3 Å². The molecule has 23 heavy (non-hydrogen) atoms. The predicted octanol–water partition coefficient (Wildman–Crippen LogP) is 3.36. The number of thioether (sulfide) groups is 1. The average molecular weight is 349 g/mol. The first kappa shape index (κ1) is 17.8. The molecule has 0 bridgehead atoms. The fourth-order valence-corrected chi connectivity index (χ4v) is 3.52. The Labute approximate surface area is 146 Å². The van der Waals surface area contributed by atoms with E-state index in [1.165, 1.54) is 16.0 Å². The number of thiazole rings is 1. The van der Waals surface area contributed by atoms with E-state index in [2.05, 4.69) is 58.7 Å². The fourth-order valence-electron chi connectivity index (χ4n) is 1.98. The summed E-state index contributed by atoms with van der Waals surface area (Å²) in [5.74, 6) is 2.92. The van der Waals surface area contributed by atoms with Crippen molar-refractivity contribution in [3.8, 4) is 0 Å². The lowest BCUT2D eigenvalue weighted by atomic mass is 10.2. The van der Waals surface area contributed by atoms with Crippen molar-refractivity contribution in [3.05, 3.63) is 51.5 Å². The summed E-state index contributed by atoms with van der Waals surface area (Å²) in [7, 11) is 1.79. The summed E-state index contributed by atoms with van der Waals surface area (Å²) in [5.41, 5.74) is 2.69. The highest BCUT2D eigenvalue weighted by Gasteiger charge is 2.01. The van der Waals surface area contributed by atoms with E-state index in [0.29, 0.717) is 6.54 Å². The monoisotopic (exact) mass is 348 g/mol. The second-order valence-electron chi connectivity index (χ2n) is 5.26. The van der Waals surface area contributed by atoms with Crippen LogP contribution in [0.15, 0.2) is 35.5 Å². The molecule has 0 aliphatic carbocycles. The summed E-state index contributed by atoms with van der Waals surface area (Å²) in [6, 6.07) is 8.74. The standard InChI is InChI=1S/C17H24N4S2/c1-13-4-6-15(7-5-13)12-22-9-8-19-17(18-3)21-11-16-20-10-14(2)23-16/h4-7,10H,8-9,11-12H2,1-3H3,(H2,18,19,21). The number of nitrogens with one attached hydrogen (secondary N) is 2. The quantitative estimate of drug-likeness (QED) is 0.458. The summed E-state index contributed by atoms with van der Waals surface area (Å²) in [4.78, 5) is 9.81. The van der Waals surface area contributed by atoms with Crippen molar-refractivity contribution in [2.45, 2.75) is 26.1 Å². The van der Waals surface area contributed by atoms with Gasteiger partial charge in [0, 0.05) is 36.2 Å². The van der Waals surface area contributed by atoms with Crippen LogP contribution in [-0.2, 0) is 12.3 Å². The van der Waals surface area contributed by atoms with Crippen LogP contribution >= 0.6 is 23.1 Å². The summed E-state index contributed by atoms with van der Waals surface area (Å²) < 4.78 is 0.